The molecule has 0 saturated heterocycles. The quantitative estimate of drug-likeness (QED) is 0.597. The normalized spacial score (nSPS) is 10.3. The van der Waals surface area contributed by atoms with Crippen molar-refractivity contribution in [3.8, 4) is 23.1 Å². The first-order chi connectivity index (χ1) is 11.2. The van der Waals surface area contributed by atoms with Crippen LogP contribution in [0.15, 0.2) is 48.5 Å². The number of carbonyl (C=O) groups is 1. The van der Waals surface area contributed by atoms with Crippen molar-refractivity contribution in [3.63, 3.8) is 0 Å². The van der Waals surface area contributed by atoms with E-state index in [1.807, 2.05) is 54.1 Å². The summed E-state index contributed by atoms with van der Waals surface area (Å²) in [5.41, 5.74) is 3.44. The Morgan fingerprint density at radius 3 is 2.61 bits per heavy atom. The number of aryl methyl sites for hydroxylation is 1. The summed E-state index contributed by atoms with van der Waals surface area (Å²) in [5.74, 6) is 0.383. The van der Waals surface area contributed by atoms with Crippen LogP contribution in [0.1, 0.15) is 10.5 Å². The molecule has 1 aromatic heterocycles. The zero-order chi connectivity index (χ0) is 16.4. The second-order valence-electron chi connectivity index (χ2n) is 5.13. The third-order valence-electron chi connectivity index (χ3n) is 3.86. The summed E-state index contributed by atoms with van der Waals surface area (Å²) in [6.07, 6.45) is 1.67. The van der Waals surface area contributed by atoms with Crippen LogP contribution in [0, 0.1) is 11.5 Å². The van der Waals surface area contributed by atoms with Crippen LogP contribution in [-0.4, -0.2) is 17.6 Å². The molecule has 114 valence electrons. The number of hydrogen-bond acceptors (Lipinski definition) is 3. The molecule has 0 aliphatic carbocycles. The first-order valence-electron chi connectivity index (χ1n) is 7.08. The summed E-state index contributed by atoms with van der Waals surface area (Å²) < 4.78 is 7.00. The van der Waals surface area contributed by atoms with Crippen LogP contribution in [0.5, 0.6) is 5.75 Å². The summed E-state index contributed by atoms with van der Waals surface area (Å²) in [5, 5.41) is 11.8. The SMILES string of the molecule is COc1ccc(-c2cccc3cc(C(=O)NC#N)n(C)c23)cc1. The highest BCUT2D eigenvalue weighted by Crippen LogP contribution is 2.31. The molecule has 0 saturated carbocycles. The fraction of sp³-hybridized carbons (Fsp3) is 0.111. The Morgan fingerprint density at radius 2 is 1.96 bits per heavy atom. The Balaban J connectivity index is 2.18. The lowest BCUT2D eigenvalue weighted by molar-refractivity contribution is 0.0965. The molecule has 0 spiro atoms. The van der Waals surface area contributed by atoms with Crippen LogP contribution in [0.25, 0.3) is 22.0 Å². The number of aromatic nitrogens is 1. The molecule has 23 heavy (non-hydrogen) atoms. The first-order valence-corrected chi connectivity index (χ1v) is 7.08. The van der Waals surface area contributed by atoms with E-state index in [0.29, 0.717) is 5.69 Å². The maximum absolute atomic E-state index is 12.0. The first kappa shape index (κ1) is 14.7. The monoisotopic (exact) mass is 305 g/mol. The van der Waals surface area contributed by atoms with E-state index in [2.05, 4.69) is 5.32 Å². The van der Waals surface area contributed by atoms with E-state index in [1.54, 1.807) is 19.4 Å². The van der Waals surface area contributed by atoms with Gasteiger partial charge in [-0.3, -0.25) is 10.1 Å². The highest BCUT2D eigenvalue weighted by Gasteiger charge is 2.15. The van der Waals surface area contributed by atoms with Gasteiger partial charge < -0.3 is 9.30 Å². The fourth-order valence-electron chi connectivity index (χ4n) is 2.75. The lowest BCUT2D eigenvalue weighted by atomic mass is 10.0. The molecular weight excluding hydrogens is 290 g/mol. The van der Waals surface area contributed by atoms with Gasteiger partial charge in [0.25, 0.3) is 5.91 Å². The van der Waals surface area contributed by atoms with Crippen LogP contribution in [0.2, 0.25) is 0 Å². The summed E-state index contributed by atoms with van der Waals surface area (Å²) in [6, 6.07) is 15.5. The molecule has 1 N–H and O–H groups in total. The van der Waals surface area contributed by atoms with Crippen LogP contribution in [0.3, 0.4) is 0 Å². The molecule has 0 aliphatic rings. The molecule has 0 bridgehead atoms. The number of fused-ring (bicyclic) bond motifs is 1. The number of nitrogens with zero attached hydrogens (tertiary/aromatic N) is 2. The molecular formula is C18H15N3O2. The maximum Gasteiger partial charge on any atom is 0.280 e. The topological polar surface area (TPSA) is 67.0 Å². The number of ether oxygens (including phenoxy) is 1. The molecule has 2 aromatic carbocycles. The second kappa shape index (κ2) is 5.85. The van der Waals surface area contributed by atoms with Crippen molar-refractivity contribution in [3.05, 3.63) is 54.2 Å². The van der Waals surface area contributed by atoms with E-state index >= 15 is 0 Å². The average Bonchev–Trinajstić information content (AvgIpc) is 2.92. The van der Waals surface area contributed by atoms with Crippen LogP contribution >= 0.6 is 0 Å². The van der Waals surface area contributed by atoms with Crippen molar-refractivity contribution in [1.29, 1.82) is 5.26 Å². The Hall–Kier alpha value is -3.26. The number of nitriles is 1. The Morgan fingerprint density at radius 1 is 1.22 bits per heavy atom. The average molecular weight is 305 g/mol. The molecule has 3 rings (SSSR count). The Labute approximate surface area is 133 Å². The lowest BCUT2D eigenvalue weighted by Crippen LogP contribution is -2.20. The van der Waals surface area contributed by atoms with Crippen LogP contribution < -0.4 is 10.1 Å². The highest BCUT2D eigenvalue weighted by molar-refractivity contribution is 6.03. The molecule has 3 aromatic rings. The molecule has 0 unspecified atom stereocenters. The number of nitrogens with one attached hydrogen (secondary N) is 1. The van der Waals surface area contributed by atoms with Gasteiger partial charge >= 0.3 is 0 Å². The van der Waals surface area contributed by atoms with Crippen LogP contribution in [-0.2, 0) is 7.05 Å². The van der Waals surface area contributed by atoms with Gasteiger partial charge in [0.15, 0.2) is 6.19 Å². The summed E-state index contributed by atoms with van der Waals surface area (Å²) >= 11 is 0. The molecule has 5 heteroatoms. The summed E-state index contributed by atoms with van der Waals surface area (Å²) in [6.45, 7) is 0. The number of benzene rings is 2. The van der Waals surface area contributed by atoms with Gasteiger partial charge in [0, 0.05) is 18.0 Å². The van der Waals surface area contributed by atoms with E-state index < -0.39 is 5.91 Å². The van der Waals surface area contributed by atoms with Gasteiger partial charge in [0.05, 0.1) is 12.6 Å². The Bertz CT molecular complexity index is 918. The Kier molecular flexibility index (Phi) is 3.73. The summed E-state index contributed by atoms with van der Waals surface area (Å²) in [7, 11) is 3.45. The van der Waals surface area contributed by atoms with E-state index in [0.717, 1.165) is 27.8 Å². The predicted molar refractivity (Wildman–Crippen MR) is 88.0 cm³/mol. The minimum absolute atomic E-state index is 0.410. The van der Waals surface area contributed by atoms with Gasteiger partial charge in [-0.15, -0.1) is 0 Å². The number of rotatable bonds is 3. The third-order valence-corrected chi connectivity index (χ3v) is 3.86. The molecule has 0 aliphatic heterocycles. The van der Waals surface area contributed by atoms with E-state index in [9.17, 15) is 4.79 Å². The van der Waals surface area contributed by atoms with Crippen molar-refractivity contribution >= 4 is 16.8 Å². The van der Waals surface area contributed by atoms with Crippen molar-refractivity contribution in [1.82, 2.24) is 9.88 Å². The minimum Gasteiger partial charge on any atom is -0.497 e. The summed E-state index contributed by atoms with van der Waals surface area (Å²) in [4.78, 5) is 12.0. The zero-order valence-corrected chi connectivity index (χ0v) is 12.8. The van der Waals surface area contributed by atoms with E-state index in [-0.39, 0.29) is 0 Å². The van der Waals surface area contributed by atoms with Gasteiger partial charge in [-0.25, -0.2) is 0 Å². The largest absolute Gasteiger partial charge is 0.497 e. The van der Waals surface area contributed by atoms with Gasteiger partial charge in [-0.1, -0.05) is 30.3 Å². The molecule has 1 amide bonds. The number of hydrogen-bond donors (Lipinski definition) is 1. The van der Waals surface area contributed by atoms with Gasteiger partial charge in [-0.05, 0) is 23.8 Å². The van der Waals surface area contributed by atoms with Crippen molar-refractivity contribution in [2.45, 2.75) is 0 Å². The second-order valence-corrected chi connectivity index (χ2v) is 5.13. The van der Waals surface area contributed by atoms with E-state index in [4.69, 9.17) is 10.00 Å². The van der Waals surface area contributed by atoms with Gasteiger partial charge in [0.1, 0.15) is 11.4 Å². The third kappa shape index (κ3) is 2.51. The van der Waals surface area contributed by atoms with Crippen molar-refractivity contribution < 1.29 is 9.53 Å². The maximum atomic E-state index is 12.0. The number of carbonyl (C=O) groups excluding carboxylic acids is 1. The van der Waals surface area contributed by atoms with Crippen LogP contribution in [0.4, 0.5) is 0 Å². The smallest absolute Gasteiger partial charge is 0.280 e. The molecule has 1 heterocycles. The van der Waals surface area contributed by atoms with E-state index in [1.165, 1.54) is 0 Å². The van der Waals surface area contributed by atoms with Gasteiger partial charge in [0.2, 0.25) is 0 Å². The van der Waals surface area contributed by atoms with Crippen molar-refractivity contribution in [2.75, 3.05) is 7.11 Å². The minimum atomic E-state index is -0.410. The molecule has 0 radical (unpaired) electrons. The van der Waals surface area contributed by atoms with Crippen molar-refractivity contribution in [2.24, 2.45) is 7.05 Å². The molecule has 0 fully saturated rings. The number of methoxy groups -OCH3 is 1. The highest BCUT2D eigenvalue weighted by atomic mass is 16.5. The lowest BCUT2D eigenvalue weighted by Gasteiger charge is -2.08. The zero-order valence-electron chi connectivity index (χ0n) is 12.8. The number of amides is 1. The predicted octanol–water partition coefficient (Wildman–Crippen LogP) is 3.06. The van der Waals surface area contributed by atoms with Gasteiger partial charge in [-0.2, -0.15) is 5.26 Å². The number of para-hydroxylation sites is 1. The molecule has 0 atom stereocenters. The molecule has 5 nitrogen and oxygen atoms in total. The standard InChI is InChI=1S/C18H15N3O2/c1-21-16(18(22)20-11-19)10-13-4-3-5-15(17(13)21)12-6-8-14(23-2)9-7-12/h3-10H,1-2H3,(H,20,22). The fourth-order valence-corrected chi connectivity index (χ4v) is 2.75.